The van der Waals surface area contributed by atoms with Gasteiger partial charge in [-0.15, -0.1) is 0 Å². The Morgan fingerprint density at radius 1 is 1.50 bits per heavy atom. The van der Waals surface area contributed by atoms with E-state index in [4.69, 9.17) is 4.74 Å². The molecular formula is C15H22N2O2S. The van der Waals surface area contributed by atoms with E-state index >= 15 is 0 Å². The fourth-order valence-corrected chi connectivity index (χ4v) is 4.22. The third-order valence-electron chi connectivity index (χ3n) is 4.72. The van der Waals surface area contributed by atoms with Crippen molar-refractivity contribution in [3.63, 3.8) is 0 Å². The molecule has 0 unspecified atom stereocenters. The van der Waals surface area contributed by atoms with Gasteiger partial charge in [0.1, 0.15) is 0 Å². The minimum atomic E-state index is 0.189. The summed E-state index contributed by atoms with van der Waals surface area (Å²) in [4.78, 5) is 17.2. The maximum atomic E-state index is 12.7. The zero-order valence-corrected chi connectivity index (χ0v) is 12.9. The standard InChI is InChI=1S/C15H22N2O2S/c1-3-16-8-12-13(9-16)17(6-4-14(12)19-2)15(18)11-5-7-20-10-11/h5,7,10,12-14H,3-4,6,8-9H2,1-2H3/t12-,13+,14+/m0/s1. The summed E-state index contributed by atoms with van der Waals surface area (Å²) in [5.41, 5.74) is 0.833. The van der Waals surface area contributed by atoms with Crippen LogP contribution < -0.4 is 0 Å². The summed E-state index contributed by atoms with van der Waals surface area (Å²) in [6.45, 7) is 6.07. The van der Waals surface area contributed by atoms with E-state index in [1.165, 1.54) is 0 Å². The van der Waals surface area contributed by atoms with E-state index in [1.807, 2.05) is 16.8 Å². The van der Waals surface area contributed by atoms with Gasteiger partial charge in [-0.05, 0) is 24.4 Å². The lowest BCUT2D eigenvalue weighted by Gasteiger charge is -2.41. The molecule has 0 aromatic carbocycles. The molecule has 3 heterocycles. The maximum Gasteiger partial charge on any atom is 0.255 e. The van der Waals surface area contributed by atoms with Crippen LogP contribution in [0.1, 0.15) is 23.7 Å². The summed E-state index contributed by atoms with van der Waals surface area (Å²) in [5, 5.41) is 3.92. The fourth-order valence-electron chi connectivity index (χ4n) is 3.59. The van der Waals surface area contributed by atoms with Gasteiger partial charge in [0.15, 0.2) is 0 Å². The molecule has 2 fully saturated rings. The molecule has 0 bridgehead atoms. The number of nitrogens with zero attached hydrogens (tertiary/aromatic N) is 2. The normalized spacial score (nSPS) is 30.5. The van der Waals surface area contributed by atoms with E-state index in [-0.39, 0.29) is 5.91 Å². The van der Waals surface area contributed by atoms with Crippen molar-refractivity contribution in [2.45, 2.75) is 25.5 Å². The van der Waals surface area contributed by atoms with Crippen LogP contribution in [0.3, 0.4) is 0 Å². The Hall–Kier alpha value is -0.910. The highest BCUT2D eigenvalue weighted by atomic mass is 32.1. The monoisotopic (exact) mass is 294 g/mol. The van der Waals surface area contributed by atoms with Crippen LogP contribution >= 0.6 is 11.3 Å². The number of hydrogen-bond donors (Lipinski definition) is 0. The van der Waals surface area contributed by atoms with Crippen LogP contribution in [0.4, 0.5) is 0 Å². The van der Waals surface area contributed by atoms with E-state index in [2.05, 4.69) is 16.7 Å². The smallest absolute Gasteiger partial charge is 0.255 e. The van der Waals surface area contributed by atoms with Crippen molar-refractivity contribution < 1.29 is 9.53 Å². The molecule has 0 spiro atoms. The second-order valence-electron chi connectivity index (χ2n) is 5.66. The van der Waals surface area contributed by atoms with Crippen LogP contribution in [0.5, 0.6) is 0 Å². The molecule has 0 radical (unpaired) electrons. The molecule has 1 aromatic rings. The lowest BCUT2D eigenvalue weighted by atomic mass is 9.88. The Morgan fingerprint density at radius 3 is 3.00 bits per heavy atom. The first kappa shape index (κ1) is 14.0. The molecule has 0 N–H and O–H groups in total. The van der Waals surface area contributed by atoms with Crippen molar-refractivity contribution in [3.05, 3.63) is 22.4 Å². The Labute approximate surface area is 124 Å². The predicted molar refractivity (Wildman–Crippen MR) is 80.2 cm³/mol. The van der Waals surface area contributed by atoms with E-state index in [0.29, 0.717) is 18.1 Å². The van der Waals surface area contributed by atoms with E-state index in [0.717, 1.165) is 38.2 Å². The number of rotatable bonds is 3. The van der Waals surface area contributed by atoms with E-state index < -0.39 is 0 Å². The summed E-state index contributed by atoms with van der Waals surface area (Å²) in [6, 6.07) is 2.23. The molecule has 3 rings (SSSR count). The van der Waals surface area contributed by atoms with Gasteiger partial charge in [-0.3, -0.25) is 4.79 Å². The molecule has 5 heteroatoms. The SMILES string of the molecule is CCN1C[C@H]2[C@@H](C1)N(C(=O)c1ccsc1)CC[C@H]2OC. The summed E-state index contributed by atoms with van der Waals surface area (Å²) in [5.74, 6) is 0.644. The molecule has 0 saturated carbocycles. The molecule has 2 aliphatic heterocycles. The van der Waals surface area contributed by atoms with Crippen molar-refractivity contribution in [2.75, 3.05) is 33.3 Å². The summed E-state index contributed by atoms with van der Waals surface area (Å²) in [7, 11) is 1.80. The van der Waals surface area contributed by atoms with Crippen LogP contribution in [-0.4, -0.2) is 61.1 Å². The topological polar surface area (TPSA) is 32.8 Å². The number of thiophene rings is 1. The number of likely N-dealkylation sites (tertiary alicyclic amines) is 2. The van der Waals surface area contributed by atoms with E-state index in [1.54, 1.807) is 18.4 Å². The number of likely N-dealkylation sites (N-methyl/N-ethyl adjacent to an activating group) is 1. The lowest BCUT2D eigenvalue weighted by molar-refractivity contribution is -0.0156. The second kappa shape index (κ2) is 5.84. The van der Waals surface area contributed by atoms with Crippen LogP contribution in [0.2, 0.25) is 0 Å². The molecular weight excluding hydrogens is 272 g/mol. The first-order valence-corrected chi connectivity index (χ1v) is 8.27. The molecule has 4 nitrogen and oxygen atoms in total. The minimum absolute atomic E-state index is 0.189. The zero-order valence-electron chi connectivity index (χ0n) is 12.1. The number of fused-ring (bicyclic) bond motifs is 1. The Morgan fingerprint density at radius 2 is 2.35 bits per heavy atom. The second-order valence-corrected chi connectivity index (χ2v) is 6.44. The number of amides is 1. The van der Waals surface area contributed by atoms with Crippen molar-refractivity contribution in [1.82, 2.24) is 9.80 Å². The number of carbonyl (C=O) groups excluding carboxylic acids is 1. The van der Waals surface area contributed by atoms with Gasteiger partial charge in [-0.1, -0.05) is 6.92 Å². The number of hydrogen-bond acceptors (Lipinski definition) is 4. The number of methoxy groups -OCH3 is 1. The Kier molecular flexibility index (Phi) is 4.10. The first-order chi connectivity index (χ1) is 9.74. The van der Waals surface area contributed by atoms with Crippen LogP contribution in [0.25, 0.3) is 0 Å². The van der Waals surface area contributed by atoms with Gasteiger partial charge in [-0.2, -0.15) is 11.3 Å². The van der Waals surface area contributed by atoms with Crippen molar-refractivity contribution in [2.24, 2.45) is 5.92 Å². The lowest BCUT2D eigenvalue weighted by Crippen LogP contribution is -2.53. The highest BCUT2D eigenvalue weighted by molar-refractivity contribution is 7.08. The van der Waals surface area contributed by atoms with Crippen molar-refractivity contribution >= 4 is 17.2 Å². The van der Waals surface area contributed by atoms with Crippen LogP contribution in [0.15, 0.2) is 16.8 Å². The molecule has 1 amide bonds. The van der Waals surface area contributed by atoms with Gasteiger partial charge in [0.2, 0.25) is 0 Å². The number of ether oxygens (including phenoxy) is 1. The molecule has 3 atom stereocenters. The quantitative estimate of drug-likeness (QED) is 0.854. The molecule has 2 aliphatic rings. The van der Waals surface area contributed by atoms with Crippen LogP contribution in [-0.2, 0) is 4.74 Å². The van der Waals surface area contributed by atoms with Gasteiger partial charge < -0.3 is 14.5 Å². The van der Waals surface area contributed by atoms with Crippen molar-refractivity contribution in [3.8, 4) is 0 Å². The molecule has 1 aromatic heterocycles. The van der Waals surface area contributed by atoms with Gasteiger partial charge in [-0.25, -0.2) is 0 Å². The average molecular weight is 294 g/mol. The molecule has 2 saturated heterocycles. The molecule has 110 valence electrons. The highest BCUT2D eigenvalue weighted by Crippen LogP contribution is 2.33. The first-order valence-electron chi connectivity index (χ1n) is 7.33. The fraction of sp³-hybridized carbons (Fsp3) is 0.667. The zero-order chi connectivity index (χ0) is 14.1. The summed E-state index contributed by atoms with van der Waals surface area (Å²) in [6.07, 6.45) is 1.24. The number of carbonyl (C=O) groups is 1. The molecule has 0 aliphatic carbocycles. The largest absolute Gasteiger partial charge is 0.381 e. The minimum Gasteiger partial charge on any atom is -0.381 e. The predicted octanol–water partition coefficient (Wildman–Crippen LogP) is 1.93. The number of piperidine rings is 1. The third kappa shape index (κ3) is 2.38. The average Bonchev–Trinajstić information content (AvgIpc) is 3.14. The Balaban J connectivity index is 1.81. The molecule has 20 heavy (non-hydrogen) atoms. The van der Waals surface area contributed by atoms with E-state index in [9.17, 15) is 4.79 Å². The summed E-state index contributed by atoms with van der Waals surface area (Å²) >= 11 is 1.58. The van der Waals surface area contributed by atoms with Crippen molar-refractivity contribution in [1.29, 1.82) is 0 Å². The van der Waals surface area contributed by atoms with Gasteiger partial charge in [0, 0.05) is 38.0 Å². The highest BCUT2D eigenvalue weighted by Gasteiger charge is 2.45. The Bertz CT molecular complexity index is 462. The van der Waals surface area contributed by atoms with Crippen LogP contribution in [0, 0.1) is 5.92 Å². The van der Waals surface area contributed by atoms with Gasteiger partial charge in [0.25, 0.3) is 5.91 Å². The third-order valence-corrected chi connectivity index (χ3v) is 5.40. The maximum absolute atomic E-state index is 12.7. The summed E-state index contributed by atoms with van der Waals surface area (Å²) < 4.78 is 5.65. The van der Waals surface area contributed by atoms with Gasteiger partial charge in [0.05, 0.1) is 17.7 Å². The van der Waals surface area contributed by atoms with Gasteiger partial charge >= 0.3 is 0 Å².